The smallest absolute Gasteiger partial charge is 0.409 e. The van der Waals surface area contributed by atoms with Gasteiger partial charge in [0.1, 0.15) is 31.6 Å². The zero-order valence-corrected chi connectivity index (χ0v) is 49.5. The highest BCUT2D eigenvalue weighted by molar-refractivity contribution is 6.03. The molecule has 5 rings (SSSR count). The van der Waals surface area contributed by atoms with Gasteiger partial charge in [-0.25, -0.2) is 9.48 Å². The van der Waals surface area contributed by atoms with E-state index in [1.54, 1.807) is 72.2 Å². The molecule has 2 aliphatic rings. The van der Waals surface area contributed by atoms with E-state index >= 15 is 0 Å². The maximum atomic E-state index is 13.4. The molecular formula is C59H87N11O12. The van der Waals surface area contributed by atoms with Crippen LogP contribution in [0.5, 0.6) is 0 Å². The average Bonchev–Trinajstić information content (AvgIpc) is 4.15. The lowest BCUT2D eigenvalue weighted by molar-refractivity contribution is -0.141. The van der Waals surface area contributed by atoms with Crippen LogP contribution in [0.2, 0.25) is 0 Å². The van der Waals surface area contributed by atoms with Crippen molar-refractivity contribution < 1.29 is 57.4 Å². The van der Waals surface area contributed by atoms with Gasteiger partial charge >= 0.3 is 6.09 Å². The van der Waals surface area contributed by atoms with E-state index in [0.717, 1.165) is 18.4 Å². The third-order valence-corrected chi connectivity index (χ3v) is 15.0. The number of imide groups is 1. The minimum Gasteiger partial charge on any atom is -0.445 e. The first-order valence-corrected chi connectivity index (χ1v) is 28.5. The number of hydrogen-bond donors (Lipinski definition) is 5. The maximum Gasteiger partial charge on any atom is 0.409 e. The molecule has 1 aliphatic carbocycles. The second-order valence-corrected chi connectivity index (χ2v) is 23.4. The summed E-state index contributed by atoms with van der Waals surface area (Å²) >= 11 is 0. The van der Waals surface area contributed by atoms with Crippen molar-refractivity contribution >= 4 is 59.0 Å². The number of carbonyl (C=O) groups is 9. The van der Waals surface area contributed by atoms with Crippen molar-refractivity contribution in [2.24, 2.45) is 29.6 Å². The predicted molar refractivity (Wildman–Crippen MR) is 305 cm³/mol. The largest absolute Gasteiger partial charge is 0.445 e. The Bertz CT molecular complexity index is 2630. The van der Waals surface area contributed by atoms with Crippen molar-refractivity contribution in [2.45, 2.75) is 137 Å². The summed E-state index contributed by atoms with van der Waals surface area (Å²) in [6.45, 7) is 16.1. The van der Waals surface area contributed by atoms with E-state index in [4.69, 9.17) is 14.2 Å². The first-order chi connectivity index (χ1) is 38.8. The summed E-state index contributed by atoms with van der Waals surface area (Å²) in [6, 6.07) is 14.6. The molecule has 450 valence electrons. The van der Waals surface area contributed by atoms with Crippen LogP contribution in [-0.4, -0.2) is 161 Å². The van der Waals surface area contributed by atoms with Crippen LogP contribution in [0.1, 0.15) is 117 Å². The number of likely N-dealkylation sites (tertiary alicyclic amines) is 1. The molecule has 0 radical (unpaired) electrons. The second kappa shape index (κ2) is 31.2. The van der Waals surface area contributed by atoms with Crippen LogP contribution in [0.3, 0.4) is 0 Å². The van der Waals surface area contributed by atoms with Crippen molar-refractivity contribution in [3.63, 3.8) is 0 Å². The first-order valence-electron chi connectivity index (χ1n) is 28.5. The highest BCUT2D eigenvalue weighted by Gasteiger charge is 2.41. The number of nitrogens with one attached hydrogen (secondary N) is 5. The van der Waals surface area contributed by atoms with Crippen molar-refractivity contribution in [1.82, 2.24) is 51.0 Å². The fraction of sp³-hybridized carbons (Fsp3) is 0.610. The number of carbonyl (C=O) groups excluding carboxylic acids is 9. The van der Waals surface area contributed by atoms with Crippen molar-refractivity contribution in [2.75, 3.05) is 72.0 Å². The summed E-state index contributed by atoms with van der Waals surface area (Å²) in [5.74, 6) is -2.60. The molecule has 9 amide bonds. The Labute approximate surface area is 482 Å². The predicted octanol–water partition coefficient (Wildman–Crippen LogP) is 4.34. The molecule has 1 aromatic heterocycles. The summed E-state index contributed by atoms with van der Waals surface area (Å²) in [6.07, 6.45) is 5.71. The summed E-state index contributed by atoms with van der Waals surface area (Å²) in [5.41, 5.74) is 1.43. The molecule has 3 aromatic rings. The van der Waals surface area contributed by atoms with Gasteiger partial charge in [-0.05, 0) is 101 Å². The Morgan fingerprint density at radius 2 is 1.45 bits per heavy atom. The molecule has 1 saturated carbocycles. The highest BCUT2D eigenvalue weighted by atomic mass is 16.6. The number of amides is 9. The van der Waals surface area contributed by atoms with Gasteiger partial charge < -0.3 is 50.6 Å². The Morgan fingerprint density at radius 1 is 0.780 bits per heavy atom. The van der Waals surface area contributed by atoms with E-state index in [0.29, 0.717) is 68.9 Å². The molecule has 1 saturated heterocycles. The standard InChI is InChI=1S/C59H87N11O12/c1-39(2)47-31-52(74)69(56(47)78)34-42-16-20-44(21-17-42)53(75)61-32-46-35-70(66-65-46)58(5,6)25-29-82-59(7,8)24-26-60-50(72)37-80-38-51(73)64-48(30-41-14-12-11-13-15-41)54(76)62-33-49(71)63-45-22-18-43(19-23-45)36-81-57(79)68(10)28-27-67(9)55(77)40(3)4/h11-15,18-19,22-23,35,39-40,42,44,47-48H,16-17,20-21,24-34,36-38H2,1-10H3,(H,60,72)(H,61,75)(H,62,76)(H,63,71)(H,64,73). The molecular weight excluding hydrogens is 1050 g/mol. The average molecular weight is 1140 g/mol. The second-order valence-electron chi connectivity index (χ2n) is 23.4. The Morgan fingerprint density at radius 3 is 2.11 bits per heavy atom. The minimum absolute atomic E-state index is 0.0120. The van der Waals surface area contributed by atoms with Gasteiger partial charge in [0, 0.05) is 83.2 Å². The summed E-state index contributed by atoms with van der Waals surface area (Å²) < 4.78 is 18.8. The highest BCUT2D eigenvalue weighted by Crippen LogP contribution is 2.33. The van der Waals surface area contributed by atoms with Crippen LogP contribution in [0, 0.1) is 29.6 Å². The molecule has 23 nitrogen and oxygen atoms in total. The van der Waals surface area contributed by atoms with Gasteiger partial charge in [-0.1, -0.05) is 75.4 Å². The van der Waals surface area contributed by atoms with Crippen LogP contribution < -0.4 is 26.6 Å². The van der Waals surface area contributed by atoms with Crippen molar-refractivity contribution in [3.05, 3.63) is 77.6 Å². The van der Waals surface area contributed by atoms with Crippen molar-refractivity contribution in [3.8, 4) is 0 Å². The number of ether oxygens (including phenoxy) is 3. The van der Waals surface area contributed by atoms with E-state index < -0.39 is 66.7 Å². The van der Waals surface area contributed by atoms with E-state index in [1.165, 1.54) is 9.80 Å². The monoisotopic (exact) mass is 1140 g/mol. The third-order valence-electron chi connectivity index (χ3n) is 15.0. The van der Waals surface area contributed by atoms with Gasteiger partial charge in [0.2, 0.25) is 47.3 Å². The Hall–Kier alpha value is -7.27. The van der Waals surface area contributed by atoms with E-state index in [-0.39, 0.29) is 85.8 Å². The van der Waals surface area contributed by atoms with Gasteiger partial charge in [0.25, 0.3) is 0 Å². The Kier molecular flexibility index (Phi) is 25.0. The molecule has 2 aromatic carbocycles. The number of aromatic nitrogens is 3. The summed E-state index contributed by atoms with van der Waals surface area (Å²) in [4.78, 5) is 119. The number of hydrogen-bond acceptors (Lipinski definition) is 14. The number of nitrogens with zero attached hydrogens (tertiary/aromatic N) is 6. The zero-order chi connectivity index (χ0) is 60.1. The summed E-state index contributed by atoms with van der Waals surface area (Å²) in [5, 5.41) is 22.4. The molecule has 0 bridgehead atoms. The molecule has 0 spiro atoms. The van der Waals surface area contributed by atoms with Crippen molar-refractivity contribution in [1.29, 1.82) is 0 Å². The van der Waals surface area contributed by atoms with Crippen LogP contribution in [0.15, 0.2) is 60.8 Å². The van der Waals surface area contributed by atoms with Crippen LogP contribution in [0.4, 0.5) is 10.5 Å². The Balaban J connectivity index is 0.946. The van der Waals surface area contributed by atoms with Crippen LogP contribution in [0.25, 0.3) is 0 Å². The number of likely N-dealkylation sites (N-methyl/N-ethyl adjacent to an activating group) is 2. The number of anilines is 1. The fourth-order valence-corrected chi connectivity index (χ4v) is 9.51. The van der Waals surface area contributed by atoms with Gasteiger partial charge in [-0.2, -0.15) is 0 Å². The molecule has 2 heterocycles. The lowest BCUT2D eigenvalue weighted by atomic mass is 9.81. The third kappa shape index (κ3) is 21.2. The molecule has 2 unspecified atom stereocenters. The normalized spacial score (nSPS) is 16.8. The van der Waals surface area contributed by atoms with Crippen LogP contribution in [-0.2, 0) is 77.7 Å². The van der Waals surface area contributed by atoms with Gasteiger partial charge in [0.05, 0.1) is 30.4 Å². The van der Waals surface area contributed by atoms with E-state index in [1.807, 2.05) is 67.7 Å². The van der Waals surface area contributed by atoms with E-state index in [9.17, 15) is 43.2 Å². The topological polar surface area (TPSA) is 282 Å². The number of rotatable bonds is 31. The molecule has 2 fully saturated rings. The van der Waals surface area contributed by atoms with Crippen LogP contribution >= 0.6 is 0 Å². The first kappa shape index (κ1) is 65.5. The summed E-state index contributed by atoms with van der Waals surface area (Å²) in [7, 11) is 3.28. The van der Waals surface area contributed by atoms with Gasteiger partial charge in [-0.3, -0.25) is 43.3 Å². The molecule has 23 heteroatoms. The fourth-order valence-electron chi connectivity index (χ4n) is 9.51. The molecule has 2 atom stereocenters. The molecule has 1 aliphatic heterocycles. The lowest BCUT2D eigenvalue weighted by Gasteiger charge is -2.30. The minimum atomic E-state index is -1.07. The van der Waals surface area contributed by atoms with Gasteiger partial charge in [0.15, 0.2) is 0 Å². The number of benzene rings is 2. The SMILES string of the molecule is CC(C)C(=O)N(C)CCN(C)C(=O)OCc1ccc(NC(=O)CNC(=O)C(Cc2ccccc2)NC(=O)COCC(=O)NCCC(C)(C)OCCC(C)(C)n2cc(CNC(=O)C3CCC(CN4C(=O)CC(C(C)C)C4=O)CC3)nn2)cc1. The quantitative estimate of drug-likeness (QED) is 0.0561. The van der Waals surface area contributed by atoms with Gasteiger partial charge in [-0.15, -0.1) is 5.10 Å². The lowest BCUT2D eigenvalue weighted by Crippen LogP contribution is -2.50. The maximum absolute atomic E-state index is 13.4. The molecule has 82 heavy (non-hydrogen) atoms. The zero-order valence-electron chi connectivity index (χ0n) is 49.5. The van der Waals surface area contributed by atoms with E-state index in [2.05, 4.69) is 36.9 Å². The molecule has 5 N–H and O–H groups in total.